The summed E-state index contributed by atoms with van der Waals surface area (Å²) in [4.78, 5) is 0.100. The van der Waals surface area contributed by atoms with Crippen LogP contribution in [0.2, 0.25) is 0 Å². The van der Waals surface area contributed by atoms with Gasteiger partial charge in [0.15, 0.2) is 0 Å². The number of benzene rings is 1. The Labute approximate surface area is 179 Å². The van der Waals surface area contributed by atoms with Crippen molar-refractivity contribution in [1.82, 2.24) is 0 Å². The van der Waals surface area contributed by atoms with Crippen molar-refractivity contribution in [3.05, 3.63) is 29.8 Å². The average Bonchev–Trinajstić information content (AvgIpc) is 2.74. The maximum absolute atomic E-state index is 12.3. The number of aryl methyl sites for hydroxylation is 1. The largest absolute Gasteiger partial charge is 0.382 e. The van der Waals surface area contributed by atoms with E-state index in [0.717, 1.165) is 5.56 Å². The zero-order valence-corrected chi connectivity index (χ0v) is 19.2. The lowest BCUT2D eigenvalue weighted by Crippen LogP contribution is -2.32. The number of hydrogen-bond acceptors (Lipinski definition) is 9. The molecule has 9 nitrogen and oxygen atoms in total. The number of hydrogen-bond donors (Lipinski definition) is 0. The summed E-state index contributed by atoms with van der Waals surface area (Å²) in [5.74, 6) is 0. The summed E-state index contributed by atoms with van der Waals surface area (Å²) in [5, 5.41) is 0. The highest BCUT2D eigenvalue weighted by Crippen LogP contribution is 2.14. The Morgan fingerprint density at radius 3 is 1.57 bits per heavy atom. The Morgan fingerprint density at radius 1 is 0.700 bits per heavy atom. The first-order chi connectivity index (χ1) is 14.4. The van der Waals surface area contributed by atoms with Gasteiger partial charge in [0, 0.05) is 28.4 Å². The van der Waals surface area contributed by atoms with Crippen LogP contribution in [0.25, 0.3) is 0 Å². The zero-order valence-electron chi connectivity index (χ0n) is 18.4. The maximum Gasteiger partial charge on any atom is 0.297 e. The van der Waals surface area contributed by atoms with Crippen LogP contribution in [-0.2, 0) is 42.7 Å². The van der Waals surface area contributed by atoms with Crippen molar-refractivity contribution in [3.63, 3.8) is 0 Å². The van der Waals surface area contributed by atoms with Crippen molar-refractivity contribution in [3.8, 4) is 0 Å². The number of rotatable bonds is 17. The van der Waals surface area contributed by atoms with E-state index >= 15 is 0 Å². The van der Waals surface area contributed by atoms with Gasteiger partial charge >= 0.3 is 0 Å². The van der Waals surface area contributed by atoms with Crippen molar-refractivity contribution in [2.75, 3.05) is 68.1 Å². The topological polar surface area (TPSA) is 98.8 Å². The van der Waals surface area contributed by atoms with E-state index in [9.17, 15) is 8.42 Å². The molecule has 1 rings (SSSR count). The van der Waals surface area contributed by atoms with E-state index in [2.05, 4.69) is 0 Å². The molecule has 0 saturated heterocycles. The Balaban J connectivity index is 2.37. The first kappa shape index (κ1) is 26.9. The Bertz CT molecular complexity index is 663. The molecule has 0 radical (unpaired) electrons. The van der Waals surface area contributed by atoms with Crippen molar-refractivity contribution in [2.24, 2.45) is 0 Å². The van der Waals surface area contributed by atoms with Crippen LogP contribution in [0, 0.1) is 6.92 Å². The second-order valence-corrected chi connectivity index (χ2v) is 8.27. The van der Waals surface area contributed by atoms with Gasteiger partial charge in [-0.3, -0.25) is 4.18 Å². The SMILES string of the molecule is COCC(COCC(COCC(COS(=O)(=O)c1ccc(C)cc1)OC)OC)OC. The second kappa shape index (κ2) is 14.8. The maximum atomic E-state index is 12.3. The van der Waals surface area contributed by atoms with Crippen molar-refractivity contribution >= 4 is 10.1 Å². The molecular formula is C20H34O9S. The van der Waals surface area contributed by atoms with Gasteiger partial charge in [0.05, 0.1) is 44.5 Å². The molecule has 174 valence electrons. The Kier molecular flexibility index (Phi) is 13.3. The minimum Gasteiger partial charge on any atom is -0.382 e. The fraction of sp³-hybridized carbons (Fsp3) is 0.700. The van der Waals surface area contributed by atoms with Gasteiger partial charge in [-0.1, -0.05) is 17.7 Å². The van der Waals surface area contributed by atoms with Crippen LogP contribution < -0.4 is 0 Å². The smallest absolute Gasteiger partial charge is 0.297 e. The average molecular weight is 451 g/mol. The molecule has 30 heavy (non-hydrogen) atoms. The molecule has 3 atom stereocenters. The Hall–Kier alpha value is -1.11. The highest BCUT2D eigenvalue weighted by atomic mass is 32.2. The summed E-state index contributed by atoms with van der Waals surface area (Å²) in [7, 11) is 2.36. The monoisotopic (exact) mass is 450 g/mol. The van der Waals surface area contributed by atoms with E-state index in [0.29, 0.717) is 19.8 Å². The van der Waals surface area contributed by atoms with E-state index in [-0.39, 0.29) is 36.9 Å². The molecule has 0 amide bonds. The van der Waals surface area contributed by atoms with Crippen molar-refractivity contribution in [2.45, 2.75) is 30.1 Å². The molecule has 1 aromatic rings. The summed E-state index contributed by atoms with van der Waals surface area (Å²) in [6.45, 7) is 3.24. The van der Waals surface area contributed by atoms with Gasteiger partial charge in [0.2, 0.25) is 0 Å². The first-order valence-corrected chi connectivity index (χ1v) is 11.0. The molecular weight excluding hydrogens is 416 g/mol. The van der Waals surface area contributed by atoms with E-state index in [1.165, 1.54) is 19.2 Å². The lowest BCUT2D eigenvalue weighted by molar-refractivity contribution is -0.0852. The molecule has 0 bridgehead atoms. The van der Waals surface area contributed by atoms with Crippen LogP contribution >= 0.6 is 0 Å². The quantitative estimate of drug-likeness (QED) is 0.326. The normalized spacial score (nSPS) is 15.1. The van der Waals surface area contributed by atoms with Gasteiger partial charge in [-0.05, 0) is 19.1 Å². The van der Waals surface area contributed by atoms with Gasteiger partial charge in [0.1, 0.15) is 18.3 Å². The van der Waals surface area contributed by atoms with Gasteiger partial charge in [0.25, 0.3) is 10.1 Å². The van der Waals surface area contributed by atoms with Crippen LogP contribution in [-0.4, -0.2) is 94.8 Å². The van der Waals surface area contributed by atoms with Crippen molar-refractivity contribution < 1.29 is 41.0 Å². The molecule has 0 N–H and O–H groups in total. The van der Waals surface area contributed by atoms with Gasteiger partial charge in [-0.2, -0.15) is 8.42 Å². The number of methoxy groups -OCH3 is 4. The van der Waals surface area contributed by atoms with E-state index in [1.54, 1.807) is 33.5 Å². The van der Waals surface area contributed by atoms with Crippen molar-refractivity contribution in [1.29, 1.82) is 0 Å². The molecule has 0 saturated carbocycles. The van der Waals surface area contributed by atoms with Crippen LogP contribution in [0.5, 0.6) is 0 Å². The predicted octanol–water partition coefficient (Wildman–Crippen LogP) is 1.42. The fourth-order valence-corrected chi connectivity index (χ4v) is 3.28. The van der Waals surface area contributed by atoms with E-state index in [4.69, 9.17) is 32.6 Å². The molecule has 0 fully saturated rings. The summed E-state index contributed by atoms with van der Waals surface area (Å²) < 4.78 is 61.6. The molecule has 3 unspecified atom stereocenters. The molecule has 0 aliphatic heterocycles. The molecule has 1 aromatic carbocycles. The minimum absolute atomic E-state index is 0.100. The third kappa shape index (κ3) is 10.3. The molecule has 0 aliphatic rings. The summed E-state index contributed by atoms with van der Waals surface area (Å²) >= 11 is 0. The van der Waals surface area contributed by atoms with E-state index < -0.39 is 16.2 Å². The predicted molar refractivity (Wildman–Crippen MR) is 110 cm³/mol. The fourth-order valence-electron chi connectivity index (χ4n) is 2.34. The highest BCUT2D eigenvalue weighted by molar-refractivity contribution is 7.86. The third-order valence-corrected chi connectivity index (χ3v) is 5.58. The first-order valence-electron chi connectivity index (χ1n) is 9.55. The highest BCUT2D eigenvalue weighted by Gasteiger charge is 2.19. The van der Waals surface area contributed by atoms with Crippen LogP contribution in [0.3, 0.4) is 0 Å². The van der Waals surface area contributed by atoms with Crippen LogP contribution in [0.15, 0.2) is 29.2 Å². The standard InChI is InChI=1S/C20H34O9S/c1-16-6-8-20(9-7-16)30(21,22)29-15-19(26-5)14-28-13-18(25-4)12-27-11-17(24-3)10-23-2/h6-9,17-19H,10-15H2,1-5H3. The zero-order chi connectivity index (χ0) is 22.4. The van der Waals surface area contributed by atoms with Gasteiger partial charge in [-0.15, -0.1) is 0 Å². The number of ether oxygens (including phenoxy) is 6. The summed E-state index contributed by atoms with van der Waals surface area (Å²) in [6.07, 6.45) is -0.998. The molecule has 0 aliphatic carbocycles. The third-order valence-electron chi connectivity index (χ3n) is 4.29. The molecule has 0 aromatic heterocycles. The molecule has 0 heterocycles. The minimum atomic E-state index is -3.86. The molecule has 0 spiro atoms. The summed E-state index contributed by atoms with van der Waals surface area (Å²) in [5.41, 5.74) is 0.963. The summed E-state index contributed by atoms with van der Waals surface area (Å²) in [6, 6.07) is 6.44. The lowest BCUT2D eigenvalue weighted by Gasteiger charge is -2.20. The molecule has 10 heteroatoms. The van der Waals surface area contributed by atoms with E-state index in [1.807, 2.05) is 6.92 Å². The second-order valence-electron chi connectivity index (χ2n) is 6.66. The van der Waals surface area contributed by atoms with Crippen LogP contribution in [0.4, 0.5) is 0 Å². The van der Waals surface area contributed by atoms with Gasteiger partial charge < -0.3 is 28.4 Å². The Morgan fingerprint density at radius 2 is 1.13 bits per heavy atom. The lowest BCUT2D eigenvalue weighted by atomic mass is 10.2. The van der Waals surface area contributed by atoms with Gasteiger partial charge in [-0.25, -0.2) is 0 Å². The van der Waals surface area contributed by atoms with Crippen LogP contribution in [0.1, 0.15) is 5.56 Å².